The highest BCUT2D eigenvalue weighted by Crippen LogP contribution is 2.35. The van der Waals surface area contributed by atoms with Crippen LogP contribution >= 0.6 is 0 Å². The number of likely N-dealkylation sites (N-methyl/N-ethyl adjacent to an activating group) is 1. The van der Waals surface area contributed by atoms with Crippen molar-refractivity contribution in [1.82, 2.24) is 4.90 Å². The van der Waals surface area contributed by atoms with Gasteiger partial charge in [-0.3, -0.25) is 9.59 Å². The maximum absolute atomic E-state index is 13.7. The van der Waals surface area contributed by atoms with Gasteiger partial charge in [0.15, 0.2) is 0 Å². The van der Waals surface area contributed by atoms with Crippen LogP contribution in [0.5, 0.6) is 0 Å². The molecule has 0 radical (unpaired) electrons. The number of hydrogen-bond acceptors (Lipinski definition) is 3. The molecule has 4 heteroatoms. The van der Waals surface area contributed by atoms with Crippen LogP contribution < -0.4 is 4.90 Å². The summed E-state index contributed by atoms with van der Waals surface area (Å²) in [4.78, 5) is 30.5. The largest absolute Gasteiger partial charge is 0.365 e. The van der Waals surface area contributed by atoms with Gasteiger partial charge in [0, 0.05) is 13.6 Å². The summed E-state index contributed by atoms with van der Waals surface area (Å²) in [6.07, 6.45) is 0.902. The number of amides is 2. The van der Waals surface area contributed by atoms with Gasteiger partial charge < -0.3 is 4.90 Å². The van der Waals surface area contributed by atoms with E-state index < -0.39 is 0 Å². The maximum Gasteiger partial charge on any atom is 0.282 e. The van der Waals surface area contributed by atoms with Crippen molar-refractivity contribution in [3.05, 3.63) is 106 Å². The Balaban J connectivity index is 1.80. The molecule has 0 saturated carbocycles. The van der Waals surface area contributed by atoms with Crippen molar-refractivity contribution in [2.75, 3.05) is 11.9 Å². The first kappa shape index (κ1) is 21.6. The van der Waals surface area contributed by atoms with Crippen molar-refractivity contribution in [2.45, 2.75) is 33.7 Å². The minimum Gasteiger partial charge on any atom is -0.365 e. The molecule has 0 bridgehead atoms. The number of carbonyl (C=O) groups excluding carboxylic acids is 2. The second-order valence-corrected chi connectivity index (χ2v) is 8.33. The zero-order chi connectivity index (χ0) is 22.8. The summed E-state index contributed by atoms with van der Waals surface area (Å²) in [5.41, 5.74) is 6.74. The van der Waals surface area contributed by atoms with Crippen molar-refractivity contribution in [3.63, 3.8) is 0 Å². The van der Waals surface area contributed by atoms with Crippen molar-refractivity contribution in [1.29, 1.82) is 0 Å². The van der Waals surface area contributed by atoms with Crippen molar-refractivity contribution in [2.24, 2.45) is 0 Å². The van der Waals surface area contributed by atoms with Crippen LogP contribution in [0.3, 0.4) is 0 Å². The first-order valence-electron chi connectivity index (χ1n) is 11.0. The third kappa shape index (κ3) is 3.96. The van der Waals surface area contributed by atoms with E-state index in [2.05, 4.69) is 6.92 Å². The standard InChI is InChI=1S/C28H28N2O2/c1-5-21-12-15-24(16-13-21)30-27(31)25(23-14-11-19(2)20(3)17-23)26(28(30)32)29(4)18-22-9-7-6-8-10-22/h6-17H,5,18H2,1-4H3. The average Bonchev–Trinajstić information content (AvgIpc) is 3.06. The van der Waals surface area contributed by atoms with Gasteiger partial charge in [0.05, 0.1) is 11.3 Å². The number of nitrogens with zero attached hydrogens (tertiary/aromatic N) is 2. The van der Waals surface area contributed by atoms with E-state index in [1.54, 1.807) is 0 Å². The first-order valence-corrected chi connectivity index (χ1v) is 11.0. The molecule has 0 N–H and O–H groups in total. The Kier molecular flexibility index (Phi) is 5.95. The third-order valence-corrected chi connectivity index (χ3v) is 6.10. The van der Waals surface area contributed by atoms with E-state index >= 15 is 0 Å². The van der Waals surface area contributed by atoms with Crippen LogP contribution in [0.2, 0.25) is 0 Å². The molecule has 1 aliphatic heterocycles. The molecule has 162 valence electrons. The monoisotopic (exact) mass is 424 g/mol. The molecule has 4 nitrogen and oxygen atoms in total. The minimum absolute atomic E-state index is 0.280. The van der Waals surface area contributed by atoms with Gasteiger partial charge >= 0.3 is 0 Å². The highest BCUT2D eigenvalue weighted by molar-refractivity contribution is 6.45. The van der Waals surface area contributed by atoms with Crippen molar-refractivity contribution < 1.29 is 9.59 Å². The molecule has 0 spiro atoms. The zero-order valence-corrected chi connectivity index (χ0v) is 19.1. The van der Waals surface area contributed by atoms with Crippen molar-refractivity contribution >= 4 is 23.1 Å². The number of carbonyl (C=O) groups is 2. The Labute approximate surface area is 189 Å². The third-order valence-electron chi connectivity index (χ3n) is 6.10. The van der Waals surface area contributed by atoms with Crippen LogP contribution in [-0.2, 0) is 22.6 Å². The summed E-state index contributed by atoms with van der Waals surface area (Å²) in [6.45, 7) is 6.68. The normalized spacial score (nSPS) is 13.8. The number of benzene rings is 3. The molecule has 1 heterocycles. The zero-order valence-electron chi connectivity index (χ0n) is 19.1. The quantitative estimate of drug-likeness (QED) is 0.505. The number of anilines is 1. The molecule has 4 rings (SSSR count). The molecule has 2 amide bonds. The van der Waals surface area contributed by atoms with Gasteiger partial charge in [-0.25, -0.2) is 4.90 Å². The predicted octanol–water partition coefficient (Wildman–Crippen LogP) is 5.28. The fourth-order valence-corrected chi connectivity index (χ4v) is 4.08. The van der Waals surface area contributed by atoms with Gasteiger partial charge in [-0.1, -0.05) is 67.6 Å². The number of imide groups is 1. The van der Waals surface area contributed by atoms with Gasteiger partial charge in [-0.2, -0.15) is 0 Å². The molecular formula is C28H28N2O2. The number of hydrogen-bond donors (Lipinski definition) is 0. The van der Waals surface area contributed by atoms with E-state index in [-0.39, 0.29) is 11.8 Å². The summed E-state index contributed by atoms with van der Waals surface area (Å²) in [7, 11) is 1.87. The second kappa shape index (κ2) is 8.83. The van der Waals surface area contributed by atoms with E-state index in [0.29, 0.717) is 23.5 Å². The maximum atomic E-state index is 13.7. The van der Waals surface area contributed by atoms with E-state index in [1.807, 2.05) is 98.6 Å². The average molecular weight is 425 g/mol. The fraction of sp³-hybridized carbons (Fsp3) is 0.214. The first-order chi connectivity index (χ1) is 15.4. The molecule has 0 fully saturated rings. The van der Waals surface area contributed by atoms with Crippen molar-refractivity contribution in [3.8, 4) is 0 Å². The summed E-state index contributed by atoms with van der Waals surface area (Å²) in [5.74, 6) is -0.566. The number of rotatable bonds is 6. The molecule has 3 aromatic rings. The SMILES string of the molecule is CCc1ccc(N2C(=O)C(c3ccc(C)c(C)c3)=C(N(C)Cc3ccccc3)C2=O)cc1. The Bertz CT molecular complexity index is 1190. The highest BCUT2D eigenvalue weighted by atomic mass is 16.2. The molecule has 0 unspecified atom stereocenters. The topological polar surface area (TPSA) is 40.6 Å². The molecule has 3 aromatic carbocycles. The fourth-order valence-electron chi connectivity index (χ4n) is 4.08. The highest BCUT2D eigenvalue weighted by Gasteiger charge is 2.41. The molecule has 0 atom stereocenters. The molecule has 0 aromatic heterocycles. The van der Waals surface area contributed by atoms with Gasteiger partial charge in [-0.05, 0) is 60.2 Å². The lowest BCUT2D eigenvalue weighted by atomic mass is 9.99. The van der Waals surface area contributed by atoms with E-state index in [4.69, 9.17) is 0 Å². The molecule has 32 heavy (non-hydrogen) atoms. The summed E-state index contributed by atoms with van der Waals surface area (Å²) in [6, 6.07) is 23.5. The molecular weight excluding hydrogens is 396 g/mol. The predicted molar refractivity (Wildman–Crippen MR) is 129 cm³/mol. The van der Waals surface area contributed by atoms with Crippen LogP contribution in [0.1, 0.15) is 34.7 Å². The lowest BCUT2D eigenvalue weighted by Crippen LogP contribution is -2.34. The minimum atomic E-state index is -0.286. The lowest BCUT2D eigenvalue weighted by molar-refractivity contribution is -0.120. The molecule has 0 saturated heterocycles. The van der Waals surface area contributed by atoms with Crippen LogP contribution in [0, 0.1) is 13.8 Å². The summed E-state index contributed by atoms with van der Waals surface area (Å²) in [5, 5.41) is 0. The Morgan fingerprint density at radius 1 is 0.781 bits per heavy atom. The van der Waals surface area contributed by atoms with Crippen LogP contribution in [0.15, 0.2) is 78.5 Å². The van der Waals surface area contributed by atoms with Crippen LogP contribution in [-0.4, -0.2) is 23.8 Å². The van der Waals surface area contributed by atoms with E-state index in [0.717, 1.165) is 34.2 Å². The molecule has 0 aliphatic carbocycles. The van der Waals surface area contributed by atoms with Gasteiger partial charge in [0.2, 0.25) is 0 Å². The van der Waals surface area contributed by atoms with E-state index in [9.17, 15) is 9.59 Å². The Morgan fingerprint density at radius 2 is 1.47 bits per heavy atom. The van der Waals surface area contributed by atoms with Gasteiger partial charge in [0.1, 0.15) is 5.70 Å². The molecule has 1 aliphatic rings. The summed E-state index contributed by atoms with van der Waals surface area (Å²) >= 11 is 0. The smallest absolute Gasteiger partial charge is 0.282 e. The van der Waals surface area contributed by atoms with Crippen LogP contribution in [0.4, 0.5) is 5.69 Å². The second-order valence-electron chi connectivity index (χ2n) is 8.33. The lowest BCUT2D eigenvalue weighted by Gasteiger charge is -2.22. The Morgan fingerprint density at radius 3 is 2.09 bits per heavy atom. The number of aryl methyl sites for hydroxylation is 3. The Hall–Kier alpha value is -3.66. The summed E-state index contributed by atoms with van der Waals surface area (Å²) < 4.78 is 0. The van der Waals surface area contributed by atoms with Crippen LogP contribution in [0.25, 0.3) is 5.57 Å². The van der Waals surface area contributed by atoms with Gasteiger partial charge in [-0.15, -0.1) is 0 Å². The van der Waals surface area contributed by atoms with Gasteiger partial charge in [0.25, 0.3) is 11.8 Å². The van der Waals surface area contributed by atoms with E-state index in [1.165, 1.54) is 4.90 Å².